The molecule has 0 atom stereocenters. The molecule has 1 aliphatic rings. The fourth-order valence-corrected chi connectivity index (χ4v) is 3.66. The number of hydrogen-bond donors (Lipinski definition) is 1. The van der Waals surface area contributed by atoms with Gasteiger partial charge in [0.2, 0.25) is 0 Å². The maximum Gasteiger partial charge on any atom is 0.329 e. The molecule has 2 aromatic carbocycles. The van der Waals surface area contributed by atoms with Crippen LogP contribution in [-0.2, 0) is 11.3 Å². The van der Waals surface area contributed by atoms with E-state index >= 15 is 0 Å². The molecule has 1 heterocycles. The van der Waals surface area contributed by atoms with E-state index < -0.39 is 17.8 Å². The summed E-state index contributed by atoms with van der Waals surface area (Å²) in [5.74, 6) is 0.167. The molecule has 0 aromatic heterocycles. The number of hydrogen-bond acceptors (Lipinski definition) is 4. The van der Waals surface area contributed by atoms with Crippen LogP contribution in [0.15, 0.2) is 42.1 Å². The lowest BCUT2D eigenvalue weighted by Gasteiger charge is -2.13. The molecule has 3 rings (SSSR count). The smallest absolute Gasteiger partial charge is 0.329 e. The minimum Gasteiger partial charge on any atom is -0.492 e. The van der Waals surface area contributed by atoms with Crippen molar-refractivity contribution >= 4 is 40.6 Å². The van der Waals surface area contributed by atoms with Gasteiger partial charge in [0, 0.05) is 5.56 Å². The maximum atomic E-state index is 13.9. The van der Waals surface area contributed by atoms with Crippen molar-refractivity contribution in [1.82, 2.24) is 10.2 Å². The van der Waals surface area contributed by atoms with E-state index in [2.05, 4.69) is 27.9 Å². The highest BCUT2D eigenvalue weighted by molar-refractivity contribution is 14.1. The molecule has 0 bridgehead atoms. The summed E-state index contributed by atoms with van der Waals surface area (Å²) in [4.78, 5) is 25.8. The zero-order valence-corrected chi connectivity index (χ0v) is 17.4. The Morgan fingerprint density at radius 2 is 2.00 bits per heavy atom. The van der Waals surface area contributed by atoms with Crippen molar-refractivity contribution in [1.29, 1.82) is 0 Å². The van der Waals surface area contributed by atoms with E-state index in [0.717, 1.165) is 8.47 Å². The van der Waals surface area contributed by atoms with Crippen LogP contribution in [-0.4, -0.2) is 30.6 Å². The standard InChI is InChI=1S/C20H18FIN2O4/c1-3-28-17-10-12(8-15(22)18(17)27-2)9-16-19(25)24(20(26)23-16)11-13-6-4-5-7-14(13)21/h4-10H,3,11H2,1-2H3,(H,23,26). The van der Waals surface area contributed by atoms with Crippen LogP contribution < -0.4 is 14.8 Å². The molecule has 0 spiro atoms. The number of urea groups is 1. The summed E-state index contributed by atoms with van der Waals surface area (Å²) in [7, 11) is 1.56. The van der Waals surface area contributed by atoms with Crippen molar-refractivity contribution in [3.8, 4) is 11.5 Å². The predicted octanol–water partition coefficient (Wildman–Crippen LogP) is 3.93. The average molecular weight is 496 g/mol. The van der Waals surface area contributed by atoms with Crippen LogP contribution >= 0.6 is 22.6 Å². The van der Waals surface area contributed by atoms with Gasteiger partial charge >= 0.3 is 6.03 Å². The van der Waals surface area contributed by atoms with E-state index in [1.807, 2.05) is 13.0 Å². The van der Waals surface area contributed by atoms with Gasteiger partial charge in [0.15, 0.2) is 11.5 Å². The largest absolute Gasteiger partial charge is 0.492 e. The SMILES string of the molecule is CCOc1cc(C=C2NC(=O)N(Cc3ccccc3F)C2=O)cc(I)c1OC. The van der Waals surface area contributed by atoms with Crippen molar-refractivity contribution in [3.63, 3.8) is 0 Å². The molecule has 1 aliphatic heterocycles. The molecule has 1 fully saturated rings. The molecule has 1 N–H and O–H groups in total. The Balaban J connectivity index is 1.88. The summed E-state index contributed by atoms with van der Waals surface area (Å²) in [5.41, 5.74) is 1.06. The lowest BCUT2D eigenvalue weighted by molar-refractivity contribution is -0.123. The number of carbonyl (C=O) groups is 2. The Hall–Kier alpha value is -2.62. The van der Waals surface area contributed by atoms with Gasteiger partial charge in [0.05, 0.1) is 23.8 Å². The van der Waals surface area contributed by atoms with E-state index in [9.17, 15) is 14.0 Å². The Morgan fingerprint density at radius 3 is 2.68 bits per heavy atom. The molecule has 8 heteroatoms. The van der Waals surface area contributed by atoms with Gasteiger partial charge in [-0.25, -0.2) is 9.18 Å². The molecule has 0 aliphatic carbocycles. The molecule has 1 saturated heterocycles. The zero-order valence-electron chi connectivity index (χ0n) is 15.3. The number of amides is 3. The highest BCUT2D eigenvalue weighted by atomic mass is 127. The van der Waals surface area contributed by atoms with Gasteiger partial charge in [-0.05, 0) is 59.4 Å². The first-order valence-corrected chi connectivity index (χ1v) is 9.60. The van der Waals surface area contributed by atoms with Crippen LogP contribution in [0.5, 0.6) is 11.5 Å². The van der Waals surface area contributed by atoms with Crippen LogP contribution in [0.1, 0.15) is 18.1 Å². The number of ether oxygens (including phenoxy) is 2. The Labute approximate surface area is 175 Å². The third kappa shape index (κ3) is 4.11. The second-order valence-electron chi connectivity index (χ2n) is 5.94. The summed E-state index contributed by atoms with van der Waals surface area (Å²) >= 11 is 2.11. The Kier molecular flexibility index (Phi) is 6.18. The monoisotopic (exact) mass is 496 g/mol. The van der Waals surface area contributed by atoms with Crippen LogP contribution in [0.25, 0.3) is 6.08 Å². The molecule has 3 amide bonds. The number of benzene rings is 2. The molecule has 6 nitrogen and oxygen atoms in total. The molecular weight excluding hydrogens is 478 g/mol. The van der Waals surface area contributed by atoms with Gasteiger partial charge in [-0.3, -0.25) is 9.69 Å². The first kappa shape index (κ1) is 20.1. The molecule has 0 radical (unpaired) electrons. The van der Waals surface area contributed by atoms with Crippen molar-refractivity contribution in [2.45, 2.75) is 13.5 Å². The van der Waals surface area contributed by atoms with Gasteiger partial charge in [-0.1, -0.05) is 18.2 Å². The summed E-state index contributed by atoms with van der Waals surface area (Å²) < 4.78 is 25.6. The van der Waals surface area contributed by atoms with Crippen molar-refractivity contribution < 1.29 is 23.5 Å². The minimum absolute atomic E-state index is 0.116. The lowest BCUT2D eigenvalue weighted by atomic mass is 10.1. The quantitative estimate of drug-likeness (QED) is 0.374. The third-order valence-electron chi connectivity index (χ3n) is 4.10. The molecular formula is C20H18FIN2O4. The molecule has 28 heavy (non-hydrogen) atoms. The summed E-state index contributed by atoms with van der Waals surface area (Å²) in [6.45, 7) is 2.18. The number of nitrogens with zero attached hydrogens (tertiary/aromatic N) is 1. The van der Waals surface area contributed by atoms with Crippen LogP contribution in [0, 0.1) is 9.39 Å². The molecule has 0 saturated carbocycles. The van der Waals surface area contributed by atoms with Crippen LogP contribution in [0.4, 0.5) is 9.18 Å². The first-order chi connectivity index (χ1) is 13.4. The van der Waals surface area contributed by atoms with Crippen LogP contribution in [0.3, 0.4) is 0 Å². The summed E-state index contributed by atoms with van der Waals surface area (Å²) in [6, 6.07) is 8.99. The zero-order chi connectivity index (χ0) is 20.3. The third-order valence-corrected chi connectivity index (χ3v) is 4.90. The maximum absolute atomic E-state index is 13.9. The number of imide groups is 1. The number of methoxy groups -OCH3 is 1. The Morgan fingerprint density at radius 1 is 1.25 bits per heavy atom. The highest BCUT2D eigenvalue weighted by Crippen LogP contribution is 2.34. The van der Waals surface area contributed by atoms with Gasteiger partial charge in [-0.2, -0.15) is 0 Å². The van der Waals surface area contributed by atoms with E-state index in [4.69, 9.17) is 9.47 Å². The number of nitrogens with one attached hydrogen (secondary N) is 1. The molecule has 0 unspecified atom stereocenters. The summed E-state index contributed by atoms with van der Waals surface area (Å²) in [5, 5.41) is 2.54. The van der Waals surface area contributed by atoms with Crippen molar-refractivity contribution in [2.75, 3.05) is 13.7 Å². The average Bonchev–Trinajstić information content (AvgIpc) is 2.91. The van der Waals surface area contributed by atoms with Crippen molar-refractivity contribution in [2.24, 2.45) is 0 Å². The molecule has 146 valence electrons. The number of carbonyl (C=O) groups excluding carboxylic acids is 2. The molecule has 2 aromatic rings. The van der Waals surface area contributed by atoms with Crippen LogP contribution in [0.2, 0.25) is 0 Å². The minimum atomic E-state index is -0.590. The van der Waals surface area contributed by atoms with Gasteiger partial charge in [0.1, 0.15) is 11.5 Å². The highest BCUT2D eigenvalue weighted by Gasteiger charge is 2.34. The number of halogens is 2. The predicted molar refractivity (Wildman–Crippen MR) is 110 cm³/mol. The van der Waals surface area contributed by atoms with E-state index in [1.165, 1.54) is 12.1 Å². The fourth-order valence-electron chi connectivity index (χ4n) is 2.81. The number of rotatable bonds is 6. The lowest BCUT2D eigenvalue weighted by Crippen LogP contribution is -2.30. The topological polar surface area (TPSA) is 67.9 Å². The second kappa shape index (κ2) is 8.59. The van der Waals surface area contributed by atoms with Gasteiger partial charge in [0.25, 0.3) is 5.91 Å². The Bertz CT molecular complexity index is 961. The first-order valence-electron chi connectivity index (χ1n) is 8.52. The van der Waals surface area contributed by atoms with Gasteiger partial charge in [-0.15, -0.1) is 0 Å². The fraction of sp³-hybridized carbons (Fsp3) is 0.200. The summed E-state index contributed by atoms with van der Waals surface area (Å²) in [6.07, 6.45) is 1.56. The van der Waals surface area contributed by atoms with Gasteiger partial charge < -0.3 is 14.8 Å². The van der Waals surface area contributed by atoms with E-state index in [1.54, 1.807) is 31.4 Å². The second-order valence-corrected chi connectivity index (χ2v) is 7.10. The van der Waals surface area contributed by atoms with Crippen molar-refractivity contribution in [3.05, 3.63) is 62.6 Å². The van der Waals surface area contributed by atoms with E-state index in [-0.39, 0.29) is 17.8 Å². The van der Waals surface area contributed by atoms with E-state index in [0.29, 0.717) is 23.7 Å². The normalized spacial score (nSPS) is 15.1.